The van der Waals surface area contributed by atoms with Gasteiger partial charge < -0.3 is 5.32 Å². The minimum Gasteiger partial charge on any atom is -0.309 e. The molecule has 0 fully saturated rings. The van der Waals surface area contributed by atoms with Gasteiger partial charge in [-0.1, -0.05) is 18.2 Å². The van der Waals surface area contributed by atoms with Crippen LogP contribution in [0, 0.1) is 6.92 Å². The van der Waals surface area contributed by atoms with E-state index < -0.39 is 0 Å². The van der Waals surface area contributed by atoms with Crippen molar-refractivity contribution >= 4 is 11.8 Å². The van der Waals surface area contributed by atoms with Crippen LogP contribution in [0.25, 0.3) is 0 Å². The topological polar surface area (TPSA) is 24.9 Å². The first-order valence-corrected chi connectivity index (χ1v) is 7.21. The molecule has 1 heterocycles. The highest BCUT2D eigenvalue weighted by molar-refractivity contribution is 7.98. The van der Waals surface area contributed by atoms with E-state index in [0.29, 0.717) is 0 Å². The minimum atomic E-state index is 0.203. The number of pyridine rings is 1. The monoisotopic (exact) mass is 258 g/mol. The second-order valence-corrected chi connectivity index (χ2v) is 5.11. The number of nitrogens with one attached hydrogen (secondary N) is 1. The molecule has 0 aliphatic rings. The van der Waals surface area contributed by atoms with E-state index in [1.807, 2.05) is 20.2 Å². The van der Waals surface area contributed by atoms with Crippen molar-refractivity contribution in [3.05, 3.63) is 59.4 Å². The van der Waals surface area contributed by atoms with Gasteiger partial charge in [0.2, 0.25) is 0 Å². The Morgan fingerprint density at radius 1 is 1.06 bits per heavy atom. The first-order valence-electron chi connectivity index (χ1n) is 5.98. The van der Waals surface area contributed by atoms with E-state index in [1.54, 1.807) is 11.8 Å². The maximum absolute atomic E-state index is 4.36. The molecule has 94 valence electrons. The molecule has 2 aromatic rings. The van der Waals surface area contributed by atoms with Crippen molar-refractivity contribution in [2.24, 2.45) is 0 Å². The average Bonchev–Trinajstić information content (AvgIpc) is 2.42. The fourth-order valence-corrected chi connectivity index (χ4v) is 2.38. The summed E-state index contributed by atoms with van der Waals surface area (Å²) >= 11 is 1.76. The Hall–Kier alpha value is -1.32. The molecule has 0 amide bonds. The van der Waals surface area contributed by atoms with E-state index >= 15 is 0 Å². The zero-order chi connectivity index (χ0) is 13.0. The van der Waals surface area contributed by atoms with Crippen molar-refractivity contribution in [3.63, 3.8) is 0 Å². The van der Waals surface area contributed by atoms with E-state index in [2.05, 4.69) is 53.0 Å². The van der Waals surface area contributed by atoms with Crippen LogP contribution < -0.4 is 5.32 Å². The quantitative estimate of drug-likeness (QED) is 0.851. The Morgan fingerprint density at radius 2 is 1.72 bits per heavy atom. The Morgan fingerprint density at radius 3 is 2.22 bits per heavy atom. The summed E-state index contributed by atoms with van der Waals surface area (Å²) in [5.74, 6) is 0. The summed E-state index contributed by atoms with van der Waals surface area (Å²) in [6, 6.07) is 13.0. The molecule has 2 nitrogen and oxygen atoms in total. The van der Waals surface area contributed by atoms with Crippen molar-refractivity contribution in [3.8, 4) is 0 Å². The predicted octanol–water partition coefficient (Wildman–Crippen LogP) is 3.42. The number of rotatable bonds is 4. The molecular weight excluding hydrogens is 240 g/mol. The molecule has 1 aromatic carbocycles. The van der Waals surface area contributed by atoms with Gasteiger partial charge in [-0.05, 0) is 49.6 Å². The molecule has 0 saturated carbocycles. The van der Waals surface area contributed by atoms with Gasteiger partial charge in [0, 0.05) is 16.8 Å². The lowest BCUT2D eigenvalue weighted by Gasteiger charge is -2.17. The van der Waals surface area contributed by atoms with Gasteiger partial charge in [0.25, 0.3) is 0 Å². The van der Waals surface area contributed by atoms with Crippen molar-refractivity contribution in [2.75, 3.05) is 13.3 Å². The number of aromatic nitrogens is 1. The summed E-state index contributed by atoms with van der Waals surface area (Å²) in [6.07, 6.45) is 4.04. The lowest BCUT2D eigenvalue weighted by molar-refractivity contribution is 0.687. The third-order valence-electron chi connectivity index (χ3n) is 3.01. The fourth-order valence-electron chi connectivity index (χ4n) is 1.97. The molecule has 0 bridgehead atoms. The van der Waals surface area contributed by atoms with Crippen molar-refractivity contribution < 1.29 is 0 Å². The zero-order valence-corrected chi connectivity index (χ0v) is 11.8. The summed E-state index contributed by atoms with van der Waals surface area (Å²) in [6.45, 7) is 2.01. The SMILES string of the molecule is CNC(c1ccc(SC)cc1)c1ccc(C)nc1. The third kappa shape index (κ3) is 2.92. The van der Waals surface area contributed by atoms with Gasteiger partial charge in [-0.3, -0.25) is 4.98 Å². The van der Waals surface area contributed by atoms with Crippen LogP contribution in [-0.2, 0) is 0 Å². The Balaban J connectivity index is 2.29. The van der Waals surface area contributed by atoms with Crippen molar-refractivity contribution in [2.45, 2.75) is 17.9 Å². The van der Waals surface area contributed by atoms with Crippen LogP contribution in [0.1, 0.15) is 22.9 Å². The normalized spacial score (nSPS) is 12.4. The van der Waals surface area contributed by atoms with E-state index in [0.717, 1.165) is 5.69 Å². The Bertz CT molecular complexity index is 491. The summed E-state index contributed by atoms with van der Waals surface area (Å²) in [5, 5.41) is 3.34. The van der Waals surface area contributed by atoms with E-state index in [4.69, 9.17) is 0 Å². The molecule has 1 N–H and O–H groups in total. The highest BCUT2D eigenvalue weighted by Gasteiger charge is 2.11. The number of hydrogen-bond donors (Lipinski definition) is 1. The predicted molar refractivity (Wildman–Crippen MR) is 78.1 cm³/mol. The molecule has 18 heavy (non-hydrogen) atoms. The van der Waals surface area contributed by atoms with Crippen LogP contribution in [-0.4, -0.2) is 18.3 Å². The van der Waals surface area contributed by atoms with Gasteiger partial charge in [-0.15, -0.1) is 11.8 Å². The standard InChI is InChI=1S/C15H18N2S/c1-11-4-5-13(10-17-11)15(16-2)12-6-8-14(18-3)9-7-12/h4-10,15-16H,1-3H3. The van der Waals surface area contributed by atoms with Crippen LogP contribution in [0.15, 0.2) is 47.5 Å². The summed E-state index contributed by atoms with van der Waals surface area (Å²) in [4.78, 5) is 5.65. The largest absolute Gasteiger partial charge is 0.309 e. The van der Waals surface area contributed by atoms with Crippen LogP contribution >= 0.6 is 11.8 Å². The number of hydrogen-bond acceptors (Lipinski definition) is 3. The van der Waals surface area contributed by atoms with Crippen molar-refractivity contribution in [1.82, 2.24) is 10.3 Å². The lowest BCUT2D eigenvalue weighted by Crippen LogP contribution is -2.17. The van der Waals surface area contributed by atoms with Gasteiger partial charge in [-0.2, -0.15) is 0 Å². The van der Waals surface area contributed by atoms with E-state index in [1.165, 1.54) is 16.0 Å². The average molecular weight is 258 g/mol. The first kappa shape index (κ1) is 13.1. The first-order chi connectivity index (χ1) is 8.74. The van der Waals surface area contributed by atoms with E-state index in [9.17, 15) is 0 Å². The molecule has 3 heteroatoms. The fraction of sp³-hybridized carbons (Fsp3) is 0.267. The molecule has 0 spiro atoms. The minimum absolute atomic E-state index is 0.203. The maximum atomic E-state index is 4.36. The molecule has 1 atom stereocenters. The second-order valence-electron chi connectivity index (χ2n) is 4.23. The van der Waals surface area contributed by atoms with Crippen molar-refractivity contribution in [1.29, 1.82) is 0 Å². The number of nitrogens with zero attached hydrogens (tertiary/aromatic N) is 1. The highest BCUT2D eigenvalue weighted by atomic mass is 32.2. The molecule has 1 aromatic heterocycles. The third-order valence-corrected chi connectivity index (χ3v) is 3.75. The molecule has 0 aliphatic heterocycles. The zero-order valence-electron chi connectivity index (χ0n) is 11.0. The highest BCUT2D eigenvalue weighted by Crippen LogP contribution is 2.23. The molecule has 2 rings (SSSR count). The molecular formula is C15H18N2S. The molecule has 0 radical (unpaired) electrons. The summed E-state index contributed by atoms with van der Waals surface area (Å²) in [5.41, 5.74) is 3.51. The van der Waals surface area contributed by atoms with E-state index in [-0.39, 0.29) is 6.04 Å². The Kier molecular flexibility index (Phi) is 4.39. The van der Waals surface area contributed by atoms with Gasteiger partial charge in [0.1, 0.15) is 0 Å². The summed E-state index contributed by atoms with van der Waals surface area (Å²) in [7, 11) is 1.98. The summed E-state index contributed by atoms with van der Waals surface area (Å²) < 4.78 is 0. The van der Waals surface area contributed by atoms with Gasteiger partial charge in [0.15, 0.2) is 0 Å². The smallest absolute Gasteiger partial charge is 0.0589 e. The number of benzene rings is 1. The molecule has 0 saturated heterocycles. The van der Waals surface area contributed by atoms with Gasteiger partial charge in [-0.25, -0.2) is 0 Å². The Labute approximate surface area is 113 Å². The molecule has 1 unspecified atom stereocenters. The second kappa shape index (κ2) is 6.03. The maximum Gasteiger partial charge on any atom is 0.0589 e. The lowest BCUT2D eigenvalue weighted by atomic mass is 10.0. The number of aryl methyl sites for hydroxylation is 1. The van der Waals surface area contributed by atoms with Gasteiger partial charge in [0.05, 0.1) is 6.04 Å². The van der Waals surface area contributed by atoms with Crippen LogP contribution in [0.3, 0.4) is 0 Å². The van der Waals surface area contributed by atoms with Gasteiger partial charge >= 0.3 is 0 Å². The van der Waals surface area contributed by atoms with Crippen LogP contribution in [0.2, 0.25) is 0 Å². The van der Waals surface area contributed by atoms with Crippen LogP contribution in [0.5, 0.6) is 0 Å². The molecule has 0 aliphatic carbocycles. The van der Waals surface area contributed by atoms with Crippen LogP contribution in [0.4, 0.5) is 0 Å². The number of thioether (sulfide) groups is 1.